The summed E-state index contributed by atoms with van der Waals surface area (Å²) >= 11 is 0. The number of nitriles is 1. The fourth-order valence-electron chi connectivity index (χ4n) is 9.13. The number of hydrogen-bond donors (Lipinski definition) is 1. The van der Waals surface area contributed by atoms with Crippen LogP contribution in [0.1, 0.15) is 39.8 Å². The van der Waals surface area contributed by atoms with Crippen LogP contribution in [-0.2, 0) is 95.7 Å². The second-order valence-electron chi connectivity index (χ2n) is 19.8. The molecule has 1 amide bonds. The molecule has 0 spiro atoms. The molecule has 8 rings (SSSR count). The molecule has 1 heterocycles. The van der Waals surface area contributed by atoms with E-state index < -0.39 is 69.5 Å². The lowest BCUT2D eigenvalue weighted by Crippen LogP contribution is -2.62. The minimum Gasteiger partial charge on any atom is -0.497 e. The van der Waals surface area contributed by atoms with Gasteiger partial charge in [0.2, 0.25) is 0 Å². The first-order chi connectivity index (χ1) is 42.8. The topological polar surface area (TPSA) is 239 Å². The largest absolute Gasteiger partial charge is 0.497 e. The van der Waals surface area contributed by atoms with Gasteiger partial charge in [0.15, 0.2) is 6.29 Å². The van der Waals surface area contributed by atoms with Gasteiger partial charge in [-0.2, -0.15) is 5.26 Å². The molecular formula is C66H72N5O15P. The first-order valence-corrected chi connectivity index (χ1v) is 29.9. The van der Waals surface area contributed by atoms with Crippen LogP contribution in [0.2, 0.25) is 0 Å². The van der Waals surface area contributed by atoms with E-state index in [1.54, 1.807) is 31.4 Å². The first-order valence-electron chi connectivity index (χ1n) is 28.5. The van der Waals surface area contributed by atoms with E-state index in [-0.39, 0.29) is 79.0 Å². The van der Waals surface area contributed by atoms with Crippen LogP contribution < -0.4 is 14.8 Å². The Kier molecular flexibility index (Phi) is 27.1. The molecule has 456 valence electrons. The second-order valence-corrected chi connectivity index (χ2v) is 21.5. The fourth-order valence-corrected chi connectivity index (χ4v) is 10.3. The van der Waals surface area contributed by atoms with E-state index in [1.807, 2.05) is 188 Å². The van der Waals surface area contributed by atoms with E-state index in [0.717, 1.165) is 33.4 Å². The Labute approximate surface area is 507 Å². The van der Waals surface area contributed by atoms with E-state index >= 15 is 0 Å². The number of rotatable bonds is 37. The number of phosphoric acid groups is 1. The standard InChI is InChI=1S/C66H72N5O15P/c1-74-56-33-35-57(36-34-56)76-48-58(77-42-51-23-10-3-11-24-51)62(59(78-43-52-25-12-4-13-26-52)49-84-87(73,82-39-20-37-67)83-40-38-69-66(72)81-46-55-31-18-7-19-32-55)86-65-61(70-71-68)64(80-45-54-29-16-6-17-30-54)63(79-44-53-27-14-5-15-28-53)60(85-65)47-75-41-50-21-8-2-9-22-50/h2-19,21-36,58-65H,20,38-49H2,1H3,(H,69,72)/t58?,59?,60-,61-,62?,63-,64-,65+,87?/m1/s1. The van der Waals surface area contributed by atoms with Crippen LogP contribution in [0.15, 0.2) is 211 Å². The van der Waals surface area contributed by atoms with Crippen LogP contribution in [0, 0.1) is 11.3 Å². The average molecular weight is 1210 g/mol. The van der Waals surface area contributed by atoms with Crippen molar-refractivity contribution in [1.29, 1.82) is 5.26 Å². The van der Waals surface area contributed by atoms with Crippen LogP contribution in [0.4, 0.5) is 4.79 Å². The van der Waals surface area contributed by atoms with Gasteiger partial charge in [-0.1, -0.05) is 187 Å². The molecule has 0 radical (unpaired) electrons. The monoisotopic (exact) mass is 1210 g/mol. The van der Waals surface area contributed by atoms with Crippen LogP contribution >= 0.6 is 7.82 Å². The number of nitrogens with zero attached hydrogens (tertiary/aromatic N) is 4. The minimum atomic E-state index is -4.64. The molecular weight excluding hydrogens is 1130 g/mol. The summed E-state index contributed by atoms with van der Waals surface area (Å²) in [5.41, 5.74) is 15.5. The van der Waals surface area contributed by atoms with Crippen molar-refractivity contribution in [3.05, 3.63) is 250 Å². The Morgan fingerprint density at radius 1 is 0.609 bits per heavy atom. The molecule has 1 aliphatic heterocycles. The highest BCUT2D eigenvalue weighted by atomic mass is 31.2. The number of carbonyl (C=O) groups excluding carboxylic acids is 1. The molecule has 9 atom stereocenters. The number of azide groups is 1. The quantitative estimate of drug-likeness (QED) is 0.0125. The molecule has 7 aromatic rings. The lowest BCUT2D eigenvalue weighted by molar-refractivity contribution is -0.314. The van der Waals surface area contributed by atoms with Crippen LogP contribution in [0.5, 0.6) is 11.5 Å². The number of methoxy groups -OCH3 is 1. The number of carbonyl (C=O) groups is 1. The molecule has 21 heteroatoms. The predicted octanol–water partition coefficient (Wildman–Crippen LogP) is 12.4. The third-order valence-electron chi connectivity index (χ3n) is 13.6. The van der Waals surface area contributed by atoms with Crippen molar-refractivity contribution >= 4 is 13.9 Å². The Bertz CT molecular complexity index is 3190. The minimum absolute atomic E-state index is 0.0173. The van der Waals surface area contributed by atoms with Crippen LogP contribution in [-0.4, -0.2) is 102 Å². The van der Waals surface area contributed by atoms with Crippen molar-refractivity contribution in [2.75, 3.05) is 46.7 Å². The lowest BCUT2D eigenvalue weighted by atomic mass is 9.96. The zero-order chi connectivity index (χ0) is 60.6. The summed E-state index contributed by atoms with van der Waals surface area (Å²) < 4.78 is 98.4. The van der Waals surface area contributed by atoms with Gasteiger partial charge in [-0.05, 0) is 63.2 Å². The molecule has 1 aliphatic rings. The van der Waals surface area contributed by atoms with E-state index in [4.69, 9.17) is 60.9 Å². The second kappa shape index (κ2) is 36.2. The van der Waals surface area contributed by atoms with Crippen LogP contribution in [0.3, 0.4) is 0 Å². The summed E-state index contributed by atoms with van der Waals surface area (Å²) in [7, 11) is -3.08. The Hall–Kier alpha value is -7.96. The maximum Gasteiger partial charge on any atom is 0.474 e. The van der Waals surface area contributed by atoms with Gasteiger partial charge in [0, 0.05) is 11.5 Å². The number of phosphoric ester groups is 1. The fraction of sp³-hybridized carbons (Fsp3) is 0.333. The number of nitrogens with one attached hydrogen (secondary N) is 1. The van der Waals surface area contributed by atoms with Gasteiger partial charge in [-0.25, -0.2) is 9.36 Å². The Morgan fingerprint density at radius 3 is 1.60 bits per heavy atom. The predicted molar refractivity (Wildman–Crippen MR) is 321 cm³/mol. The summed E-state index contributed by atoms with van der Waals surface area (Å²) in [6, 6.07) is 64.4. The lowest BCUT2D eigenvalue weighted by Gasteiger charge is -2.46. The van der Waals surface area contributed by atoms with Crippen molar-refractivity contribution in [2.45, 2.75) is 95.0 Å². The van der Waals surface area contributed by atoms with Crippen molar-refractivity contribution in [2.24, 2.45) is 5.11 Å². The first kappa shape index (κ1) is 65.0. The summed E-state index contributed by atoms with van der Waals surface area (Å²) in [6.45, 7) is -1.29. The molecule has 87 heavy (non-hydrogen) atoms. The van der Waals surface area contributed by atoms with Crippen molar-refractivity contribution in [1.82, 2.24) is 5.32 Å². The van der Waals surface area contributed by atoms with Gasteiger partial charge in [-0.15, -0.1) is 0 Å². The van der Waals surface area contributed by atoms with E-state index in [0.29, 0.717) is 11.5 Å². The van der Waals surface area contributed by atoms with E-state index in [9.17, 15) is 20.2 Å². The molecule has 0 aliphatic carbocycles. The molecule has 0 saturated carbocycles. The van der Waals surface area contributed by atoms with E-state index in [2.05, 4.69) is 15.3 Å². The summed E-state index contributed by atoms with van der Waals surface area (Å²) in [6.07, 6.45) is -9.10. The number of amides is 1. The molecule has 4 unspecified atom stereocenters. The van der Waals surface area contributed by atoms with Crippen molar-refractivity contribution < 1.29 is 70.3 Å². The summed E-state index contributed by atoms with van der Waals surface area (Å²) in [5.74, 6) is 1.05. The third-order valence-corrected chi connectivity index (χ3v) is 15.0. The van der Waals surface area contributed by atoms with Gasteiger partial charge in [0.25, 0.3) is 0 Å². The van der Waals surface area contributed by atoms with Gasteiger partial charge < -0.3 is 52.7 Å². The SMILES string of the molecule is COc1ccc(OCC(OCc2ccccc2)C(O[C@@H]2O[C@H](COCc3ccccc3)[C@@H](OCc3ccccc3)[C@H](OCc3ccccc3)[C@H]2N=[N+]=[N-])C(COP(=O)(OCCC#N)OCCNC(=O)OCc2ccccc2)OCc2ccccc2)cc1. The Balaban J connectivity index is 1.18. The number of alkyl carbamates (subject to hydrolysis) is 1. The molecule has 1 saturated heterocycles. The molecule has 1 fully saturated rings. The smallest absolute Gasteiger partial charge is 0.474 e. The van der Waals surface area contributed by atoms with Crippen LogP contribution in [0.25, 0.3) is 10.4 Å². The average Bonchev–Trinajstić information content (AvgIpc) is 1.70. The molecule has 20 nitrogen and oxygen atoms in total. The summed E-state index contributed by atoms with van der Waals surface area (Å²) in [5, 5.41) is 16.5. The highest BCUT2D eigenvalue weighted by Crippen LogP contribution is 2.50. The van der Waals surface area contributed by atoms with Gasteiger partial charge >= 0.3 is 13.9 Å². The third kappa shape index (κ3) is 22.1. The normalized spacial score (nSPS) is 18.1. The van der Waals surface area contributed by atoms with Crippen molar-refractivity contribution in [3.8, 4) is 17.6 Å². The van der Waals surface area contributed by atoms with E-state index in [1.165, 1.54) is 0 Å². The highest BCUT2D eigenvalue weighted by molar-refractivity contribution is 7.48. The van der Waals surface area contributed by atoms with Crippen molar-refractivity contribution in [3.63, 3.8) is 0 Å². The zero-order valence-corrected chi connectivity index (χ0v) is 49.2. The highest BCUT2D eigenvalue weighted by Gasteiger charge is 2.50. The Morgan fingerprint density at radius 2 is 1.08 bits per heavy atom. The molecule has 1 N–H and O–H groups in total. The maximum absolute atomic E-state index is 14.9. The summed E-state index contributed by atoms with van der Waals surface area (Å²) in [4.78, 5) is 16.1. The number of benzene rings is 7. The van der Waals surface area contributed by atoms with Gasteiger partial charge in [0.05, 0.1) is 79.1 Å². The molecule has 7 aromatic carbocycles. The zero-order valence-electron chi connectivity index (χ0n) is 48.3. The molecule has 0 aromatic heterocycles. The van der Waals surface area contributed by atoms with Gasteiger partial charge in [-0.3, -0.25) is 13.6 Å². The maximum atomic E-state index is 14.9. The number of hydrogen-bond acceptors (Lipinski definition) is 17. The van der Waals surface area contributed by atoms with Gasteiger partial charge in [0.1, 0.15) is 67.4 Å². The molecule has 0 bridgehead atoms. The number of ether oxygens (including phenoxy) is 10.